The van der Waals surface area contributed by atoms with Crippen LogP contribution in [0, 0.1) is 0 Å². The first-order valence-electron chi connectivity index (χ1n) is 15.7. The van der Waals surface area contributed by atoms with E-state index in [0.29, 0.717) is 28.8 Å². The zero-order chi connectivity index (χ0) is 38.2. The van der Waals surface area contributed by atoms with E-state index in [1.54, 1.807) is 73.2 Å². The van der Waals surface area contributed by atoms with Gasteiger partial charge in [-0.2, -0.15) is 0 Å². The molecule has 0 saturated carbocycles. The molecule has 0 amide bonds. The molecule has 6 aromatic rings. The van der Waals surface area contributed by atoms with E-state index in [0.717, 1.165) is 15.8 Å². The lowest BCUT2D eigenvalue weighted by molar-refractivity contribution is 0.451. The van der Waals surface area contributed by atoms with Crippen molar-refractivity contribution in [1.82, 2.24) is 15.0 Å². The summed E-state index contributed by atoms with van der Waals surface area (Å²) in [5.74, 6) is 1.49. The van der Waals surface area contributed by atoms with E-state index in [9.17, 15) is 15.3 Å². The summed E-state index contributed by atoms with van der Waals surface area (Å²) in [7, 11) is 7.62. The van der Waals surface area contributed by atoms with Gasteiger partial charge >= 0.3 is 0 Å². The maximum absolute atomic E-state index is 9.85. The van der Waals surface area contributed by atoms with Crippen molar-refractivity contribution in [2.45, 2.75) is 0 Å². The van der Waals surface area contributed by atoms with Gasteiger partial charge in [-0.1, -0.05) is 12.1 Å². The number of halogens is 1. The van der Waals surface area contributed by atoms with Gasteiger partial charge in [0.15, 0.2) is 17.5 Å². The van der Waals surface area contributed by atoms with Gasteiger partial charge in [0.2, 0.25) is 0 Å². The van der Waals surface area contributed by atoms with Crippen LogP contribution in [0.2, 0.25) is 0 Å². The van der Waals surface area contributed by atoms with Crippen molar-refractivity contribution >= 4 is 61.8 Å². The largest absolute Gasteiger partial charge is 0.508 e. The van der Waals surface area contributed by atoms with E-state index < -0.39 is 0 Å². The fourth-order valence-electron chi connectivity index (χ4n) is 3.91. The van der Waals surface area contributed by atoms with Crippen LogP contribution >= 0.6 is 15.9 Å². The normalized spacial score (nSPS) is 10.8. The molecule has 16 heteroatoms. The molecule has 3 aromatic heterocycles. The van der Waals surface area contributed by atoms with E-state index in [1.807, 2.05) is 68.3 Å². The number of phenolic OH excluding ortho intramolecular Hbond substituents is 4. The highest BCUT2D eigenvalue weighted by atomic mass is 79.9. The molecule has 0 fully saturated rings. The maximum atomic E-state index is 9.85. The third-order valence-corrected chi connectivity index (χ3v) is 7.17. The van der Waals surface area contributed by atoms with Gasteiger partial charge in [0.05, 0.1) is 0 Å². The van der Waals surface area contributed by atoms with E-state index >= 15 is 0 Å². The molecule has 53 heavy (non-hydrogen) atoms. The standard InChI is InChI=1S/C13H13BrN4O.C13H14N4O.C11H9N3O2/c1-18(2)10-4-5-11(12(19)7-10)16-17-13-6-3-9(14)8-15-13;1-17(2)10-6-7-11(12(18)9-10)15-16-13-5-3-4-8-14-13;15-8-4-5-9(10(16)7-8)13-14-11-3-1-2-6-12-11/h3-8,19H,1-2H3;3-9,18H,1-2H3;1-7,15-16H. The summed E-state index contributed by atoms with van der Waals surface area (Å²) in [6, 6.07) is 28.8. The second-order valence-corrected chi connectivity index (χ2v) is 12.0. The number of hydrogen-bond donors (Lipinski definition) is 4. The molecule has 0 spiro atoms. The zero-order valence-corrected chi connectivity index (χ0v) is 30.7. The summed E-state index contributed by atoms with van der Waals surface area (Å²) in [5.41, 5.74) is 2.92. The van der Waals surface area contributed by atoms with Crippen LogP contribution in [-0.2, 0) is 0 Å². The molecule has 0 bridgehead atoms. The Morgan fingerprint density at radius 1 is 0.472 bits per heavy atom. The lowest BCUT2D eigenvalue weighted by Crippen LogP contribution is -2.07. The van der Waals surface area contributed by atoms with Crippen LogP contribution in [0.1, 0.15) is 0 Å². The quantitative estimate of drug-likeness (QED) is 0.109. The van der Waals surface area contributed by atoms with E-state index in [2.05, 4.69) is 61.6 Å². The van der Waals surface area contributed by atoms with Gasteiger partial charge < -0.3 is 30.2 Å². The molecule has 0 aliphatic rings. The smallest absolute Gasteiger partial charge is 0.174 e. The Bertz CT molecular complexity index is 2150. The molecule has 3 heterocycles. The molecule has 15 nitrogen and oxygen atoms in total. The van der Waals surface area contributed by atoms with Crippen molar-refractivity contribution in [3.63, 3.8) is 0 Å². The number of azo groups is 3. The molecule has 0 aliphatic heterocycles. The molecule has 270 valence electrons. The average molecular weight is 779 g/mol. The van der Waals surface area contributed by atoms with Crippen LogP contribution in [0.5, 0.6) is 23.0 Å². The van der Waals surface area contributed by atoms with E-state index in [-0.39, 0.29) is 28.7 Å². The first-order valence-corrected chi connectivity index (χ1v) is 16.5. The average Bonchev–Trinajstić information content (AvgIpc) is 3.15. The van der Waals surface area contributed by atoms with Crippen LogP contribution in [0.4, 0.5) is 45.9 Å². The highest BCUT2D eigenvalue weighted by Crippen LogP contribution is 2.33. The maximum Gasteiger partial charge on any atom is 0.174 e. The number of aromatic hydroxyl groups is 4. The fourth-order valence-corrected chi connectivity index (χ4v) is 4.15. The van der Waals surface area contributed by atoms with Gasteiger partial charge in [-0.3, -0.25) is 0 Å². The summed E-state index contributed by atoms with van der Waals surface area (Å²) in [5, 5.41) is 61.7. The Kier molecular flexibility index (Phi) is 14.4. The molecule has 0 saturated heterocycles. The number of pyridine rings is 3. The van der Waals surface area contributed by atoms with Crippen LogP contribution < -0.4 is 9.80 Å². The number of benzene rings is 3. The Hall–Kier alpha value is -6.81. The molecule has 6 rings (SSSR count). The Morgan fingerprint density at radius 3 is 1.26 bits per heavy atom. The summed E-state index contributed by atoms with van der Waals surface area (Å²) < 4.78 is 0.879. The second-order valence-electron chi connectivity index (χ2n) is 11.1. The summed E-state index contributed by atoms with van der Waals surface area (Å²) in [6.45, 7) is 0. The molecular weight excluding hydrogens is 742 g/mol. The Morgan fingerprint density at radius 2 is 0.906 bits per heavy atom. The first kappa shape index (κ1) is 39.0. The highest BCUT2D eigenvalue weighted by molar-refractivity contribution is 9.10. The van der Waals surface area contributed by atoms with Gasteiger partial charge in [-0.15, -0.1) is 30.7 Å². The predicted molar refractivity (Wildman–Crippen MR) is 208 cm³/mol. The van der Waals surface area contributed by atoms with Gasteiger partial charge in [0, 0.05) is 80.8 Å². The number of aromatic nitrogens is 3. The monoisotopic (exact) mass is 777 g/mol. The Balaban J connectivity index is 0.000000178. The van der Waals surface area contributed by atoms with Crippen molar-refractivity contribution in [1.29, 1.82) is 0 Å². The summed E-state index contributed by atoms with van der Waals surface area (Å²) >= 11 is 3.30. The van der Waals surface area contributed by atoms with E-state index in [4.69, 9.17) is 5.11 Å². The van der Waals surface area contributed by atoms with Gasteiger partial charge in [0.25, 0.3) is 0 Å². The molecule has 4 N–H and O–H groups in total. The van der Waals surface area contributed by atoms with Gasteiger partial charge in [-0.25, -0.2) is 15.0 Å². The minimum Gasteiger partial charge on any atom is -0.508 e. The minimum atomic E-state index is -0.125. The number of rotatable bonds is 8. The van der Waals surface area contributed by atoms with Gasteiger partial charge in [0.1, 0.15) is 40.1 Å². The topological polar surface area (TPSA) is 200 Å². The third-order valence-electron chi connectivity index (χ3n) is 6.70. The second kappa shape index (κ2) is 19.5. The number of anilines is 2. The Labute approximate surface area is 314 Å². The lowest BCUT2D eigenvalue weighted by Gasteiger charge is -2.12. The highest BCUT2D eigenvalue weighted by Gasteiger charge is 2.05. The molecule has 0 atom stereocenters. The van der Waals surface area contributed by atoms with Crippen molar-refractivity contribution < 1.29 is 20.4 Å². The van der Waals surface area contributed by atoms with E-state index in [1.165, 1.54) is 18.2 Å². The minimum absolute atomic E-state index is 0.0192. The molecule has 0 unspecified atom stereocenters. The molecule has 3 aromatic carbocycles. The van der Waals surface area contributed by atoms with Crippen LogP contribution in [0.3, 0.4) is 0 Å². The summed E-state index contributed by atoms with van der Waals surface area (Å²) in [6.07, 6.45) is 4.89. The van der Waals surface area contributed by atoms with Crippen LogP contribution in [0.15, 0.2) is 157 Å². The summed E-state index contributed by atoms with van der Waals surface area (Å²) in [4.78, 5) is 15.8. The SMILES string of the molecule is CN(C)c1ccc(N=Nc2ccc(Br)cn2)c(O)c1.CN(C)c1ccc(N=Nc2ccccn2)c(O)c1.Oc1ccc(N=Nc2ccccn2)c(O)c1. The number of nitrogens with zero attached hydrogens (tertiary/aromatic N) is 11. The number of hydrogen-bond acceptors (Lipinski definition) is 15. The molecule has 0 radical (unpaired) electrons. The van der Waals surface area contributed by atoms with Crippen molar-refractivity contribution in [3.8, 4) is 23.0 Å². The van der Waals surface area contributed by atoms with Gasteiger partial charge in [-0.05, 0) is 88.7 Å². The van der Waals surface area contributed by atoms with Crippen LogP contribution in [0.25, 0.3) is 0 Å². The van der Waals surface area contributed by atoms with Crippen molar-refractivity contribution in [2.24, 2.45) is 30.7 Å². The third kappa shape index (κ3) is 12.8. The molecule has 0 aliphatic carbocycles. The van der Waals surface area contributed by atoms with Crippen molar-refractivity contribution in [3.05, 3.63) is 126 Å². The number of phenols is 4. The fraction of sp³-hybridized carbons (Fsp3) is 0.108. The predicted octanol–water partition coefficient (Wildman–Crippen LogP) is 10.2. The first-order chi connectivity index (χ1) is 25.5. The van der Waals surface area contributed by atoms with Crippen LogP contribution in [-0.4, -0.2) is 63.6 Å². The lowest BCUT2D eigenvalue weighted by atomic mass is 10.2. The zero-order valence-electron chi connectivity index (χ0n) is 29.1. The molecular formula is C37H36BrN11O4. The van der Waals surface area contributed by atoms with Crippen molar-refractivity contribution in [2.75, 3.05) is 38.0 Å².